The molecule has 31 heavy (non-hydrogen) atoms. The molecule has 6 nitrogen and oxygen atoms in total. The van der Waals surface area contributed by atoms with Crippen LogP contribution in [0.3, 0.4) is 0 Å². The number of ether oxygens (including phenoxy) is 5. The molecule has 0 aliphatic heterocycles. The number of benzene rings is 2. The Labute approximate surface area is 199 Å². The second kappa shape index (κ2) is 18.1. The lowest BCUT2D eigenvalue weighted by Crippen LogP contribution is -1.94. The van der Waals surface area contributed by atoms with Gasteiger partial charge in [-0.05, 0) is 0 Å². The van der Waals surface area contributed by atoms with E-state index >= 15 is 0 Å². The molecule has 2 aromatic carbocycles. The largest absolute Gasteiger partial charge is 0.643 e. The van der Waals surface area contributed by atoms with E-state index in [0.717, 1.165) is 6.07 Å². The summed E-state index contributed by atoms with van der Waals surface area (Å²) in [5, 5.41) is 9.09. The van der Waals surface area contributed by atoms with E-state index in [1.807, 2.05) is 0 Å². The highest BCUT2D eigenvalue weighted by molar-refractivity contribution is 7.54. The molecule has 0 spiro atoms. The number of hydrogen-bond acceptors (Lipinski definition) is 6. The Morgan fingerprint density at radius 1 is 0.710 bits per heavy atom. The minimum atomic E-state index is -1.72. The summed E-state index contributed by atoms with van der Waals surface area (Å²) < 4.78 is 56.2. The van der Waals surface area contributed by atoms with E-state index in [1.165, 1.54) is 53.7 Å². The summed E-state index contributed by atoms with van der Waals surface area (Å²) in [7, 11) is 21.9. The molecule has 0 atom stereocenters. The van der Waals surface area contributed by atoms with Crippen LogP contribution in [-0.2, 0) is 0 Å². The Hall–Kier alpha value is -1.50. The van der Waals surface area contributed by atoms with Crippen molar-refractivity contribution in [3.05, 3.63) is 35.9 Å². The van der Waals surface area contributed by atoms with Gasteiger partial charge in [-0.25, -0.2) is 38.9 Å². The van der Waals surface area contributed by atoms with E-state index in [9.17, 15) is 8.78 Å². The van der Waals surface area contributed by atoms with E-state index in [2.05, 4.69) is 4.74 Å². The highest BCUT2D eigenvalue weighted by Crippen LogP contribution is 2.33. The summed E-state index contributed by atoms with van der Waals surface area (Å²) in [5.74, 6) is -0.163. The normalized spacial score (nSPS) is 9.19. The average Bonchev–Trinajstić information content (AvgIpc) is 2.74. The van der Waals surface area contributed by atoms with Gasteiger partial charge in [-0.1, -0.05) is 13.8 Å². The standard InChI is InChI=1S/C9H11FO3.C8H9FO3.C2H6.Al.3ClH/c1-11-7-5-9(13-3)8(12-2)4-6(7)10;1-11-7-4-8(12-2)6(10)3-5(7)9;1-2;;;;/h4-5H,1-3H3;3-4,10H,1-2H3;1-2H3;;3*1H/q;;;+3;;;/p-3/i;;1D;;;;. The zero-order valence-corrected chi connectivity index (χ0v) is 21.4. The second-order valence-electron chi connectivity index (χ2n) is 4.75. The van der Waals surface area contributed by atoms with Crippen molar-refractivity contribution in [2.75, 3.05) is 35.5 Å². The Kier molecular flexibility index (Phi) is 17.2. The molecule has 0 unspecified atom stereocenters. The second-order valence-corrected chi connectivity index (χ2v) is 11.2. The van der Waals surface area contributed by atoms with E-state index in [1.54, 1.807) is 6.92 Å². The van der Waals surface area contributed by atoms with Crippen molar-refractivity contribution < 1.29 is 38.9 Å². The predicted molar refractivity (Wildman–Crippen MR) is 122 cm³/mol. The Morgan fingerprint density at radius 2 is 1.00 bits per heavy atom. The molecule has 0 aliphatic carbocycles. The summed E-state index contributed by atoms with van der Waals surface area (Å²) in [6.07, 6.45) is 0. The van der Waals surface area contributed by atoms with Crippen LogP contribution in [0.5, 0.6) is 34.5 Å². The third-order valence-electron chi connectivity index (χ3n) is 3.11. The lowest BCUT2D eigenvalue weighted by Gasteiger charge is -2.09. The maximum Gasteiger partial charge on any atom is 0.643 e. The number of methoxy groups -OCH3 is 5. The van der Waals surface area contributed by atoms with E-state index in [-0.39, 0.29) is 23.0 Å². The van der Waals surface area contributed by atoms with Crippen molar-refractivity contribution in [2.45, 2.75) is 13.8 Å². The first kappa shape index (κ1) is 29.5. The third kappa shape index (κ3) is 12.2. The van der Waals surface area contributed by atoms with Gasteiger partial charge in [0.2, 0.25) is 0 Å². The first-order chi connectivity index (χ1) is 15.1. The highest BCUT2D eigenvalue weighted by Gasteiger charge is 2.11. The Morgan fingerprint density at radius 3 is 1.35 bits per heavy atom. The van der Waals surface area contributed by atoms with Gasteiger partial charge in [-0.15, -0.1) is 0 Å². The molecule has 2 rings (SSSR count). The van der Waals surface area contributed by atoms with E-state index in [0.29, 0.717) is 18.4 Å². The number of phenols is 1. The van der Waals surface area contributed by atoms with E-state index < -0.39 is 23.0 Å². The summed E-state index contributed by atoms with van der Waals surface area (Å²) in [5.41, 5.74) is 0. The molecule has 0 aliphatic rings. The fourth-order valence-corrected chi connectivity index (χ4v) is 1.84. The molecule has 0 saturated heterocycles. The third-order valence-corrected chi connectivity index (χ3v) is 3.11. The van der Waals surface area contributed by atoms with Crippen LogP contribution in [0.25, 0.3) is 0 Å². The van der Waals surface area contributed by atoms with Gasteiger partial charge in [0.1, 0.15) is 0 Å². The molecule has 0 amide bonds. The zero-order valence-electron chi connectivity index (χ0n) is 19.0. The first-order valence-electron chi connectivity index (χ1n) is 9.04. The summed E-state index contributed by atoms with van der Waals surface area (Å²) in [6, 6.07) is 4.88. The molecule has 0 fully saturated rings. The van der Waals surface area contributed by atoms with Crippen molar-refractivity contribution in [2.24, 2.45) is 0 Å². The van der Waals surface area contributed by atoms with E-state index in [4.69, 9.17) is 55.6 Å². The van der Waals surface area contributed by atoms with Crippen molar-refractivity contribution >= 4 is 41.5 Å². The molecule has 0 bridgehead atoms. The summed E-state index contributed by atoms with van der Waals surface area (Å²) in [6.45, 7) is 2.29. The maximum atomic E-state index is 13.1. The smallest absolute Gasteiger partial charge is 0.504 e. The number of phenolic OH excluding ortho intramolecular Hbond substituents is 1. The fourth-order valence-electron chi connectivity index (χ4n) is 1.84. The molecule has 176 valence electrons. The van der Waals surface area contributed by atoms with Crippen molar-refractivity contribution in [1.82, 2.24) is 0 Å². The average molecular weight is 523 g/mol. The lowest BCUT2D eigenvalue weighted by molar-refractivity contribution is 0.339. The van der Waals surface area contributed by atoms with Crippen molar-refractivity contribution in [1.29, 1.82) is 0 Å². The zero-order chi connectivity index (χ0) is 25.3. The summed E-state index contributed by atoms with van der Waals surface area (Å²) >= 11 is -1.72. The molecule has 0 saturated carbocycles. The van der Waals surface area contributed by atoms with Crippen LogP contribution < -0.4 is 23.7 Å². The van der Waals surface area contributed by atoms with Crippen LogP contribution in [0.4, 0.5) is 8.78 Å². The minimum Gasteiger partial charge on any atom is -0.504 e. The van der Waals surface area contributed by atoms with Crippen LogP contribution in [0.1, 0.15) is 15.2 Å². The quantitative estimate of drug-likeness (QED) is 0.478. The predicted octanol–water partition coefficient (Wildman–Crippen LogP) is 6.11. The molecular formula is C19H26AlCl3F2O6. The van der Waals surface area contributed by atoms with Crippen molar-refractivity contribution in [3.8, 4) is 34.5 Å². The molecule has 2 aromatic rings. The SMILES string of the molecule is COc1cc(OC)c(F)cc1O.COc1cc(OC)c(OC)cc1F.[2H]CC.[Cl][Al]([Cl])[Cl]. The number of hydrogen-bond donors (Lipinski definition) is 1. The van der Waals surface area contributed by atoms with Gasteiger partial charge >= 0.3 is 11.4 Å². The van der Waals surface area contributed by atoms with Gasteiger partial charge in [0.05, 0.1) is 35.5 Å². The molecule has 12 heteroatoms. The van der Waals surface area contributed by atoms with Gasteiger partial charge in [0, 0.05) is 25.6 Å². The lowest BCUT2D eigenvalue weighted by atomic mass is 10.3. The molecular weight excluding hydrogens is 496 g/mol. The van der Waals surface area contributed by atoms with Gasteiger partial charge in [0.15, 0.2) is 46.1 Å². The van der Waals surface area contributed by atoms with Crippen LogP contribution >= 0.6 is 30.1 Å². The van der Waals surface area contributed by atoms with Crippen LogP contribution in [0.2, 0.25) is 0 Å². The van der Waals surface area contributed by atoms with Gasteiger partial charge < -0.3 is 28.8 Å². The maximum absolute atomic E-state index is 13.1. The molecule has 0 radical (unpaired) electrons. The summed E-state index contributed by atoms with van der Waals surface area (Å²) in [4.78, 5) is 0. The van der Waals surface area contributed by atoms with Crippen molar-refractivity contribution in [3.63, 3.8) is 0 Å². The van der Waals surface area contributed by atoms with Gasteiger partial charge in [-0.2, -0.15) is 0 Å². The monoisotopic (exact) mass is 521 g/mol. The van der Waals surface area contributed by atoms with Crippen LogP contribution in [-0.4, -0.2) is 52.0 Å². The van der Waals surface area contributed by atoms with Crippen LogP contribution in [0.15, 0.2) is 24.3 Å². The van der Waals surface area contributed by atoms with Crippen LogP contribution in [0, 0.1) is 11.6 Å². The van der Waals surface area contributed by atoms with Gasteiger partial charge in [0.25, 0.3) is 0 Å². The van der Waals surface area contributed by atoms with Gasteiger partial charge in [-0.3, -0.25) is 0 Å². The highest BCUT2D eigenvalue weighted by atomic mass is 35.8. The molecule has 0 aromatic heterocycles. The fraction of sp³-hybridized carbons (Fsp3) is 0.368. The first-order valence-corrected chi connectivity index (χ1v) is 13.6. The molecule has 1 N–H and O–H groups in total. The topological polar surface area (TPSA) is 66.4 Å². The number of halogens is 5. The molecule has 0 heterocycles. The number of aromatic hydroxyl groups is 1. The number of rotatable bonds is 5. The Balaban J connectivity index is 0. The Bertz CT molecular complexity index is 763. The minimum absolute atomic E-state index is 0.0460.